The Morgan fingerprint density at radius 3 is 2.96 bits per heavy atom. The van der Waals surface area contributed by atoms with Crippen LogP contribution in [-0.2, 0) is 11.3 Å². The molecule has 4 rings (SSSR count). The Morgan fingerprint density at radius 1 is 1.32 bits per heavy atom. The Labute approximate surface area is 150 Å². The van der Waals surface area contributed by atoms with E-state index in [0.29, 0.717) is 13.0 Å². The number of amides is 1. The summed E-state index contributed by atoms with van der Waals surface area (Å²) >= 11 is 1.62. The normalized spacial score (nSPS) is 15.1. The standard InChI is InChI=1S/C19H18N2O3S/c1-12-20-16(10-25-12)14-4-5-15(8-14)19(22)21(2)9-13-3-6-17-18(7-13)24-11-23-17/h3-4,6-8,10H,5,9,11H2,1-2H3. The van der Waals surface area contributed by atoms with Crippen molar-refractivity contribution in [2.24, 2.45) is 0 Å². The van der Waals surface area contributed by atoms with Crippen molar-refractivity contribution in [3.8, 4) is 11.5 Å². The highest BCUT2D eigenvalue weighted by Crippen LogP contribution is 2.33. The summed E-state index contributed by atoms with van der Waals surface area (Å²) in [5.74, 6) is 1.53. The van der Waals surface area contributed by atoms with Gasteiger partial charge in [0.05, 0.1) is 10.7 Å². The van der Waals surface area contributed by atoms with Gasteiger partial charge in [0.2, 0.25) is 12.7 Å². The van der Waals surface area contributed by atoms with Crippen molar-refractivity contribution >= 4 is 22.8 Å². The van der Waals surface area contributed by atoms with Gasteiger partial charge in [0.15, 0.2) is 11.5 Å². The van der Waals surface area contributed by atoms with Crippen LogP contribution in [0.4, 0.5) is 0 Å². The number of nitrogens with zero attached hydrogens (tertiary/aromatic N) is 2. The van der Waals surface area contributed by atoms with Crippen LogP contribution in [0.15, 0.2) is 41.3 Å². The summed E-state index contributed by atoms with van der Waals surface area (Å²) in [6.07, 6.45) is 4.67. The molecule has 1 amide bonds. The molecule has 0 bridgehead atoms. The fourth-order valence-electron chi connectivity index (χ4n) is 2.98. The van der Waals surface area contributed by atoms with Crippen molar-refractivity contribution in [1.29, 1.82) is 0 Å². The number of hydrogen-bond donors (Lipinski definition) is 0. The highest BCUT2D eigenvalue weighted by atomic mass is 32.1. The fourth-order valence-corrected chi connectivity index (χ4v) is 3.60. The van der Waals surface area contributed by atoms with Gasteiger partial charge in [0.1, 0.15) is 0 Å². The van der Waals surface area contributed by atoms with E-state index in [1.165, 1.54) is 0 Å². The molecule has 1 aliphatic carbocycles. The van der Waals surface area contributed by atoms with E-state index < -0.39 is 0 Å². The summed E-state index contributed by atoms with van der Waals surface area (Å²) in [5, 5.41) is 3.06. The van der Waals surface area contributed by atoms with Gasteiger partial charge in [0.25, 0.3) is 0 Å². The average Bonchev–Trinajstić information content (AvgIpc) is 3.33. The van der Waals surface area contributed by atoms with E-state index in [-0.39, 0.29) is 12.7 Å². The molecule has 0 fully saturated rings. The van der Waals surface area contributed by atoms with Crippen molar-refractivity contribution in [1.82, 2.24) is 9.88 Å². The molecule has 1 aromatic carbocycles. The molecule has 0 N–H and O–H groups in total. The molecule has 2 heterocycles. The second-order valence-corrected chi connectivity index (χ2v) is 7.20. The van der Waals surface area contributed by atoms with E-state index in [1.807, 2.05) is 43.6 Å². The molecule has 2 aromatic rings. The maximum absolute atomic E-state index is 12.7. The summed E-state index contributed by atoms with van der Waals surface area (Å²) in [5.41, 5.74) is 3.79. The van der Waals surface area contributed by atoms with Gasteiger partial charge in [-0.1, -0.05) is 12.1 Å². The number of fused-ring (bicyclic) bond motifs is 1. The van der Waals surface area contributed by atoms with Crippen LogP contribution in [-0.4, -0.2) is 29.6 Å². The maximum atomic E-state index is 12.7. The molecule has 2 aliphatic rings. The van der Waals surface area contributed by atoms with Gasteiger partial charge in [-0.15, -0.1) is 11.3 Å². The minimum atomic E-state index is 0.0378. The van der Waals surface area contributed by atoms with E-state index in [1.54, 1.807) is 16.2 Å². The zero-order valence-corrected chi connectivity index (χ0v) is 14.9. The SMILES string of the molecule is Cc1nc(C2=CCC(C(=O)N(C)Cc3ccc4c(c3)OCO4)=C2)cs1. The van der Waals surface area contributed by atoms with Crippen LogP contribution < -0.4 is 9.47 Å². The summed E-state index contributed by atoms with van der Waals surface area (Å²) in [6.45, 7) is 2.77. The van der Waals surface area contributed by atoms with Crippen molar-refractivity contribution in [3.63, 3.8) is 0 Å². The lowest BCUT2D eigenvalue weighted by atomic mass is 10.1. The lowest BCUT2D eigenvalue weighted by molar-refractivity contribution is -0.126. The maximum Gasteiger partial charge on any atom is 0.250 e. The zero-order valence-electron chi connectivity index (χ0n) is 14.1. The lowest BCUT2D eigenvalue weighted by Crippen LogP contribution is -2.27. The highest BCUT2D eigenvalue weighted by molar-refractivity contribution is 7.09. The van der Waals surface area contributed by atoms with Gasteiger partial charge in [-0.3, -0.25) is 4.79 Å². The number of rotatable bonds is 4. The molecule has 1 aliphatic heterocycles. The number of allylic oxidation sites excluding steroid dienone is 3. The van der Waals surface area contributed by atoms with Crippen molar-refractivity contribution in [3.05, 3.63) is 57.6 Å². The van der Waals surface area contributed by atoms with Crippen LogP contribution >= 0.6 is 11.3 Å². The lowest BCUT2D eigenvalue weighted by Gasteiger charge is -2.18. The number of aromatic nitrogens is 1. The Bertz CT molecular complexity index is 898. The van der Waals surface area contributed by atoms with E-state index in [2.05, 4.69) is 11.1 Å². The number of ether oxygens (including phenoxy) is 2. The summed E-state index contributed by atoms with van der Waals surface area (Å²) in [6, 6.07) is 5.77. The van der Waals surface area contributed by atoms with Crippen LogP contribution in [0.25, 0.3) is 5.57 Å². The predicted octanol–water partition coefficient (Wildman–Crippen LogP) is 3.55. The number of aryl methyl sites for hydroxylation is 1. The van der Waals surface area contributed by atoms with E-state index >= 15 is 0 Å². The quantitative estimate of drug-likeness (QED) is 0.842. The molecule has 0 atom stereocenters. The fraction of sp³-hybridized carbons (Fsp3) is 0.263. The number of thiazole rings is 1. The first kappa shape index (κ1) is 15.9. The van der Waals surface area contributed by atoms with Gasteiger partial charge >= 0.3 is 0 Å². The van der Waals surface area contributed by atoms with Crippen LogP contribution in [0, 0.1) is 6.92 Å². The number of likely N-dealkylation sites (N-methyl/N-ethyl adjacent to an activating group) is 1. The summed E-state index contributed by atoms with van der Waals surface area (Å²) in [7, 11) is 1.82. The smallest absolute Gasteiger partial charge is 0.250 e. The third kappa shape index (κ3) is 3.17. The minimum Gasteiger partial charge on any atom is -0.454 e. The Hall–Kier alpha value is -2.60. The molecule has 0 spiro atoms. The number of benzene rings is 1. The molecule has 0 unspecified atom stereocenters. The Morgan fingerprint density at radius 2 is 2.16 bits per heavy atom. The third-order valence-corrected chi connectivity index (χ3v) is 5.04. The van der Waals surface area contributed by atoms with Crippen LogP contribution in [0.5, 0.6) is 11.5 Å². The molecule has 5 nitrogen and oxygen atoms in total. The number of carbonyl (C=O) groups excluding carboxylic acids is 1. The topological polar surface area (TPSA) is 51.7 Å². The van der Waals surface area contributed by atoms with Gasteiger partial charge in [-0.05, 0) is 42.7 Å². The molecular formula is C19H18N2O3S. The summed E-state index contributed by atoms with van der Waals surface area (Å²) in [4.78, 5) is 18.9. The second-order valence-electron chi connectivity index (χ2n) is 6.13. The number of hydrogen-bond acceptors (Lipinski definition) is 5. The van der Waals surface area contributed by atoms with Gasteiger partial charge in [0, 0.05) is 24.5 Å². The number of carbonyl (C=O) groups is 1. The molecule has 6 heteroatoms. The molecule has 25 heavy (non-hydrogen) atoms. The summed E-state index contributed by atoms with van der Waals surface area (Å²) < 4.78 is 10.7. The largest absolute Gasteiger partial charge is 0.454 e. The molecule has 128 valence electrons. The molecule has 1 aromatic heterocycles. The molecule has 0 saturated heterocycles. The van der Waals surface area contributed by atoms with Crippen LogP contribution in [0.3, 0.4) is 0 Å². The van der Waals surface area contributed by atoms with Crippen molar-refractivity contribution < 1.29 is 14.3 Å². The van der Waals surface area contributed by atoms with Crippen LogP contribution in [0.2, 0.25) is 0 Å². The highest BCUT2D eigenvalue weighted by Gasteiger charge is 2.21. The molecular weight excluding hydrogens is 336 g/mol. The van der Waals surface area contributed by atoms with Crippen LogP contribution in [0.1, 0.15) is 22.7 Å². The first-order valence-corrected chi connectivity index (χ1v) is 8.95. The Balaban J connectivity index is 1.44. The third-order valence-electron chi connectivity index (χ3n) is 4.26. The zero-order chi connectivity index (χ0) is 17.4. The van der Waals surface area contributed by atoms with Crippen molar-refractivity contribution in [2.45, 2.75) is 19.9 Å². The predicted molar refractivity (Wildman–Crippen MR) is 96.6 cm³/mol. The van der Waals surface area contributed by atoms with Gasteiger partial charge < -0.3 is 14.4 Å². The second kappa shape index (κ2) is 6.37. The minimum absolute atomic E-state index is 0.0378. The van der Waals surface area contributed by atoms with E-state index in [0.717, 1.165) is 38.9 Å². The molecule has 0 radical (unpaired) electrons. The van der Waals surface area contributed by atoms with E-state index in [9.17, 15) is 4.79 Å². The first-order valence-electron chi connectivity index (χ1n) is 8.07. The van der Waals surface area contributed by atoms with Gasteiger partial charge in [-0.2, -0.15) is 0 Å². The monoisotopic (exact) mass is 354 g/mol. The van der Waals surface area contributed by atoms with Crippen molar-refractivity contribution in [2.75, 3.05) is 13.8 Å². The first-order chi connectivity index (χ1) is 12.1. The van der Waals surface area contributed by atoms with E-state index in [4.69, 9.17) is 9.47 Å². The molecule has 0 saturated carbocycles. The van der Waals surface area contributed by atoms with Gasteiger partial charge in [-0.25, -0.2) is 4.98 Å². The average molecular weight is 354 g/mol. The Kier molecular flexibility index (Phi) is 4.05.